The molecular weight excluding hydrogens is 1130 g/mol. The number of ether oxygens (including phenoxy) is 2. The standard InChI is InChI=1S/C34H60N2O6Si4.C22H28N2O6.C3H9ClSi/c1-43(2)27-39-23-19-35(20-24-40-28-44(3)4)33(37)31-15-11-29(12-16-31)30-13-17-32(18-14-30)34(38)36(21-25-41-45(5,6)7)22-26-42-46(8,9)10;25-13-9-23(10-14-26)21(29)19-5-1-17(2-6-19)18-3-7-20(8-4-18)22(30)24(11-15-27)12-16-28;1-5(2,3)4/h11-18,43-44H,19-28H2,1-10H3;1-8,25-28H,9-16H2;1-3H3. The highest BCUT2D eigenvalue weighted by Gasteiger charge is 2.23. The van der Waals surface area contributed by atoms with Crippen LogP contribution in [0.25, 0.3) is 22.3 Å². The van der Waals surface area contributed by atoms with Gasteiger partial charge in [-0.05, 0) is 110 Å². The molecule has 452 valence electrons. The smallest absolute Gasteiger partial charge is 0.254 e. The lowest BCUT2D eigenvalue weighted by molar-refractivity contribution is 0.0598. The number of hydrogen-bond donors (Lipinski definition) is 4. The van der Waals surface area contributed by atoms with Crippen LogP contribution in [0.1, 0.15) is 41.4 Å². The first-order valence-corrected chi connectivity index (χ1v) is 45.8. The highest BCUT2D eigenvalue weighted by atomic mass is 35.6. The van der Waals surface area contributed by atoms with Gasteiger partial charge < -0.3 is 58.4 Å². The van der Waals surface area contributed by atoms with Crippen molar-refractivity contribution < 1.29 is 57.9 Å². The molecule has 4 aromatic carbocycles. The van der Waals surface area contributed by atoms with E-state index in [-0.39, 0.29) is 76.2 Å². The van der Waals surface area contributed by atoms with Crippen LogP contribution in [-0.2, 0) is 18.3 Å². The SMILES string of the molecule is C[SiH](C)COCCN(CCOC[SiH](C)C)C(=O)c1ccc(-c2ccc(C(=O)N(CCO[Si](C)(C)C)CCO[Si](C)(C)C)cc2)cc1.C[Si](C)(C)Cl.O=C(c1ccc(-c2ccc(C(=O)N(CCO)CCO)cc2)cc1)N(CCO)CCO. The van der Waals surface area contributed by atoms with E-state index in [1.54, 1.807) is 48.5 Å². The molecule has 0 atom stereocenters. The van der Waals surface area contributed by atoms with Gasteiger partial charge in [-0.2, -0.15) is 11.1 Å². The third-order valence-corrected chi connectivity index (χ3v) is 15.5. The van der Waals surface area contributed by atoms with Gasteiger partial charge in [0.05, 0.1) is 70.4 Å². The molecule has 4 aromatic rings. The van der Waals surface area contributed by atoms with E-state index in [2.05, 4.69) is 85.1 Å². The van der Waals surface area contributed by atoms with E-state index in [0.29, 0.717) is 74.9 Å². The average molecular weight is 1230 g/mol. The molecule has 0 heterocycles. The number of rotatable bonds is 32. The van der Waals surface area contributed by atoms with Crippen molar-refractivity contribution in [2.24, 2.45) is 0 Å². The van der Waals surface area contributed by atoms with E-state index < -0.39 is 41.6 Å². The summed E-state index contributed by atoms with van der Waals surface area (Å²) in [6.07, 6.45) is 1.63. The molecule has 4 rings (SSSR count). The molecule has 0 aromatic heterocycles. The maximum Gasteiger partial charge on any atom is 0.254 e. The molecule has 4 amide bonds. The number of aliphatic hydroxyl groups is 4. The minimum absolute atomic E-state index is 0.0143. The topological polar surface area (TPSA) is 199 Å². The van der Waals surface area contributed by atoms with Crippen LogP contribution in [0.2, 0.25) is 85.1 Å². The van der Waals surface area contributed by atoms with Crippen molar-refractivity contribution in [2.45, 2.75) is 85.1 Å². The summed E-state index contributed by atoms with van der Waals surface area (Å²) in [5, 5.41) is 36.3. The molecule has 0 aliphatic rings. The minimum Gasteiger partial charge on any atom is -0.416 e. The normalized spacial score (nSPS) is 11.6. The lowest BCUT2D eigenvalue weighted by Gasteiger charge is -2.27. The molecule has 0 aliphatic carbocycles. The van der Waals surface area contributed by atoms with Crippen molar-refractivity contribution in [2.75, 3.05) is 118 Å². The fourth-order valence-corrected chi connectivity index (χ4v) is 10.3. The van der Waals surface area contributed by atoms with E-state index in [1.807, 2.05) is 58.3 Å². The first-order valence-electron chi connectivity index (χ1n) is 28.2. The van der Waals surface area contributed by atoms with Gasteiger partial charge in [0, 0.05) is 87.1 Å². The molecule has 81 heavy (non-hydrogen) atoms. The number of hydrogen-bond acceptors (Lipinski definition) is 12. The number of aliphatic hydroxyl groups excluding tert-OH is 4. The molecule has 0 saturated carbocycles. The summed E-state index contributed by atoms with van der Waals surface area (Å²) in [4.78, 5) is 58.4. The Bertz CT molecular complexity index is 2300. The highest BCUT2D eigenvalue weighted by Crippen LogP contribution is 2.24. The van der Waals surface area contributed by atoms with Crippen LogP contribution in [0.4, 0.5) is 0 Å². The molecule has 0 fully saturated rings. The van der Waals surface area contributed by atoms with Gasteiger partial charge in [0.15, 0.2) is 16.6 Å². The Balaban J connectivity index is 0.000000548. The monoisotopic (exact) mass is 1230 g/mol. The Hall–Kier alpha value is -4.19. The van der Waals surface area contributed by atoms with Crippen LogP contribution in [-0.4, -0.2) is 223 Å². The Kier molecular flexibility index (Phi) is 34.1. The summed E-state index contributed by atoms with van der Waals surface area (Å²) in [6, 6.07) is 29.3. The molecule has 0 saturated heterocycles. The Morgan fingerprint density at radius 1 is 0.383 bits per heavy atom. The summed E-state index contributed by atoms with van der Waals surface area (Å²) in [5.41, 5.74) is 5.89. The summed E-state index contributed by atoms with van der Waals surface area (Å²) in [5.74, 6) is -0.568. The van der Waals surface area contributed by atoms with Gasteiger partial charge in [-0.3, -0.25) is 19.2 Å². The predicted molar refractivity (Wildman–Crippen MR) is 343 cm³/mol. The van der Waals surface area contributed by atoms with Gasteiger partial charge >= 0.3 is 0 Å². The quantitative estimate of drug-likeness (QED) is 0.0208. The van der Waals surface area contributed by atoms with Crippen LogP contribution < -0.4 is 0 Å². The van der Waals surface area contributed by atoms with Crippen molar-refractivity contribution in [1.29, 1.82) is 0 Å². The summed E-state index contributed by atoms with van der Waals surface area (Å²) < 4.78 is 23.8. The van der Waals surface area contributed by atoms with Crippen LogP contribution in [0.3, 0.4) is 0 Å². The zero-order valence-electron chi connectivity index (χ0n) is 50.8. The minimum atomic E-state index is -1.68. The second-order valence-electron chi connectivity index (χ2n) is 23.3. The van der Waals surface area contributed by atoms with Crippen molar-refractivity contribution >= 4 is 76.3 Å². The fourth-order valence-electron chi connectivity index (χ4n) is 7.61. The van der Waals surface area contributed by atoms with Crippen molar-refractivity contribution in [3.05, 3.63) is 119 Å². The van der Waals surface area contributed by atoms with Crippen LogP contribution in [0, 0.1) is 0 Å². The predicted octanol–water partition coefficient (Wildman–Crippen LogP) is 8.29. The van der Waals surface area contributed by atoms with Crippen molar-refractivity contribution in [3.63, 3.8) is 0 Å². The molecule has 16 nitrogen and oxygen atoms in total. The second-order valence-corrected chi connectivity index (χ2v) is 46.1. The molecule has 0 aliphatic heterocycles. The molecule has 0 radical (unpaired) electrons. The third kappa shape index (κ3) is 30.8. The lowest BCUT2D eigenvalue weighted by Crippen LogP contribution is -2.40. The number of amides is 4. The lowest BCUT2D eigenvalue weighted by atomic mass is 10.0. The summed E-state index contributed by atoms with van der Waals surface area (Å²) in [7, 11) is -6.10. The van der Waals surface area contributed by atoms with E-state index in [9.17, 15) is 19.2 Å². The van der Waals surface area contributed by atoms with Crippen molar-refractivity contribution in [1.82, 2.24) is 19.6 Å². The van der Waals surface area contributed by atoms with E-state index >= 15 is 0 Å². The van der Waals surface area contributed by atoms with E-state index in [0.717, 1.165) is 34.7 Å². The van der Waals surface area contributed by atoms with Gasteiger partial charge in [0.1, 0.15) is 7.38 Å². The first kappa shape index (κ1) is 72.9. The number of carbonyl (C=O) groups excluding carboxylic acids is 4. The number of nitrogens with zero attached hydrogens (tertiary/aromatic N) is 4. The maximum atomic E-state index is 13.5. The molecule has 0 spiro atoms. The number of benzene rings is 4. The number of halogens is 1. The number of carbonyl (C=O) groups is 4. The molecular formula is C59H97ClN4O12Si5. The van der Waals surface area contributed by atoms with E-state index in [4.69, 9.17) is 49.8 Å². The largest absolute Gasteiger partial charge is 0.416 e. The van der Waals surface area contributed by atoms with Gasteiger partial charge in [-0.1, -0.05) is 94.4 Å². The Labute approximate surface area is 495 Å². The molecule has 0 unspecified atom stereocenters. The molecule has 22 heteroatoms. The van der Waals surface area contributed by atoms with Gasteiger partial charge in [0.2, 0.25) is 0 Å². The summed E-state index contributed by atoms with van der Waals surface area (Å²) in [6.45, 7) is 32.4. The van der Waals surface area contributed by atoms with Crippen molar-refractivity contribution in [3.8, 4) is 22.3 Å². The Morgan fingerprint density at radius 3 is 0.765 bits per heavy atom. The first-order chi connectivity index (χ1) is 38.1. The zero-order valence-corrected chi connectivity index (χ0v) is 56.9. The van der Waals surface area contributed by atoms with E-state index in [1.165, 1.54) is 9.80 Å². The fraction of sp³-hybridized carbons (Fsp3) is 0.525. The molecule has 4 N–H and O–H groups in total. The zero-order chi connectivity index (χ0) is 60.8. The van der Waals surface area contributed by atoms with Gasteiger partial charge in [-0.15, -0.1) is 0 Å². The Morgan fingerprint density at radius 2 is 0.580 bits per heavy atom. The second kappa shape index (κ2) is 37.9. The summed E-state index contributed by atoms with van der Waals surface area (Å²) >= 11 is 5.67. The van der Waals surface area contributed by atoms with Gasteiger partial charge in [-0.25, -0.2) is 0 Å². The highest BCUT2D eigenvalue weighted by molar-refractivity contribution is 7.18. The average Bonchev–Trinajstić information content (AvgIpc) is 3.40. The van der Waals surface area contributed by atoms with Gasteiger partial charge in [0.25, 0.3) is 23.6 Å². The van der Waals surface area contributed by atoms with Crippen LogP contribution in [0.5, 0.6) is 0 Å². The maximum absolute atomic E-state index is 13.5. The third-order valence-electron chi connectivity index (χ3n) is 11.5. The molecule has 0 bridgehead atoms. The van der Waals surface area contributed by atoms with Crippen LogP contribution >= 0.6 is 11.1 Å². The van der Waals surface area contributed by atoms with Crippen LogP contribution in [0.15, 0.2) is 97.1 Å².